The summed E-state index contributed by atoms with van der Waals surface area (Å²) >= 11 is 0. The molecule has 25 heavy (non-hydrogen) atoms. The monoisotopic (exact) mass is 368 g/mol. The molecule has 1 heterocycles. The molecule has 1 N–H and O–H groups in total. The van der Waals surface area contributed by atoms with Crippen molar-refractivity contribution in [3.05, 3.63) is 34.4 Å². The van der Waals surface area contributed by atoms with Gasteiger partial charge in [0.2, 0.25) is 10.0 Å². The molecule has 2 aliphatic rings. The summed E-state index contributed by atoms with van der Waals surface area (Å²) in [4.78, 5) is 11.9. The van der Waals surface area contributed by atoms with Crippen LogP contribution in [0.25, 0.3) is 0 Å². The average Bonchev–Trinajstić information content (AvgIpc) is 2.62. The lowest BCUT2D eigenvalue weighted by Gasteiger charge is -2.38. The van der Waals surface area contributed by atoms with Crippen molar-refractivity contribution in [2.75, 3.05) is 26.2 Å². The molecule has 0 aromatic heterocycles. The standard InChI is InChI=1S/C17H25N3O4S/c1-14-3-2-4-16(13-14)18-9-11-19(12-10-18)25(23,24)17-7-5-15(6-8-17)20(21)22/h5-8,14,16H,2-4,9-13H2,1H3/p+1/t14-,16-/m0/s1. The van der Waals surface area contributed by atoms with Crippen LogP contribution in [0.4, 0.5) is 5.69 Å². The third-order valence-electron chi connectivity index (χ3n) is 5.56. The second kappa shape index (κ2) is 7.39. The summed E-state index contributed by atoms with van der Waals surface area (Å²) in [6, 6.07) is 5.81. The Labute approximate surface area is 148 Å². The summed E-state index contributed by atoms with van der Waals surface area (Å²) in [7, 11) is -3.57. The number of nitrogens with zero attached hydrogens (tertiary/aromatic N) is 2. The van der Waals surface area contributed by atoms with Crippen molar-refractivity contribution in [1.29, 1.82) is 0 Å². The van der Waals surface area contributed by atoms with E-state index in [1.54, 1.807) is 0 Å². The fourth-order valence-electron chi connectivity index (χ4n) is 4.12. The Kier molecular flexibility index (Phi) is 5.41. The van der Waals surface area contributed by atoms with Gasteiger partial charge in [-0.25, -0.2) is 8.42 Å². The summed E-state index contributed by atoms with van der Waals surface area (Å²) in [5.74, 6) is 0.771. The third kappa shape index (κ3) is 4.02. The predicted molar refractivity (Wildman–Crippen MR) is 94.0 cm³/mol. The van der Waals surface area contributed by atoms with Gasteiger partial charge < -0.3 is 4.90 Å². The molecule has 1 aliphatic heterocycles. The number of piperazine rings is 1. The molecule has 1 aromatic carbocycles. The van der Waals surface area contributed by atoms with E-state index >= 15 is 0 Å². The Hall–Kier alpha value is -1.51. The number of sulfonamides is 1. The van der Waals surface area contributed by atoms with Gasteiger partial charge in [-0.05, 0) is 30.9 Å². The van der Waals surface area contributed by atoms with Gasteiger partial charge in [-0.3, -0.25) is 10.1 Å². The number of quaternary nitrogens is 1. The molecule has 2 atom stereocenters. The van der Waals surface area contributed by atoms with Crippen molar-refractivity contribution in [2.24, 2.45) is 5.92 Å². The van der Waals surface area contributed by atoms with E-state index in [1.807, 2.05) is 0 Å². The Bertz CT molecular complexity index is 712. The second-order valence-corrected chi connectivity index (χ2v) is 9.22. The first-order chi connectivity index (χ1) is 11.9. The summed E-state index contributed by atoms with van der Waals surface area (Å²) in [6.45, 7) is 5.01. The molecule has 1 aliphatic carbocycles. The van der Waals surface area contributed by atoms with Crippen LogP contribution >= 0.6 is 0 Å². The number of nitrogens with one attached hydrogen (secondary N) is 1. The second-order valence-electron chi connectivity index (χ2n) is 7.28. The van der Waals surface area contributed by atoms with Crippen LogP contribution in [0.2, 0.25) is 0 Å². The first-order valence-electron chi connectivity index (χ1n) is 8.97. The molecule has 138 valence electrons. The van der Waals surface area contributed by atoms with Crippen LogP contribution in [0.15, 0.2) is 29.2 Å². The molecule has 0 spiro atoms. The Morgan fingerprint density at radius 2 is 1.80 bits per heavy atom. The molecule has 0 radical (unpaired) electrons. The number of nitro groups is 1. The molecule has 1 saturated heterocycles. The van der Waals surface area contributed by atoms with Gasteiger partial charge in [-0.2, -0.15) is 4.31 Å². The smallest absolute Gasteiger partial charge is 0.269 e. The van der Waals surface area contributed by atoms with Gasteiger partial charge in [0, 0.05) is 18.6 Å². The van der Waals surface area contributed by atoms with Crippen LogP contribution in [0, 0.1) is 16.0 Å². The van der Waals surface area contributed by atoms with Crippen LogP contribution in [-0.4, -0.2) is 49.9 Å². The minimum atomic E-state index is -3.57. The largest absolute Gasteiger partial charge is 0.330 e. The van der Waals surface area contributed by atoms with Crippen LogP contribution in [-0.2, 0) is 10.0 Å². The number of non-ortho nitro benzene ring substituents is 1. The van der Waals surface area contributed by atoms with Gasteiger partial charge in [-0.15, -0.1) is 0 Å². The zero-order valence-corrected chi connectivity index (χ0v) is 15.4. The van der Waals surface area contributed by atoms with Crippen molar-refractivity contribution < 1.29 is 18.2 Å². The van der Waals surface area contributed by atoms with Gasteiger partial charge in [0.05, 0.1) is 42.0 Å². The van der Waals surface area contributed by atoms with Crippen molar-refractivity contribution in [1.82, 2.24) is 4.31 Å². The fraction of sp³-hybridized carbons (Fsp3) is 0.647. The van der Waals surface area contributed by atoms with Crippen molar-refractivity contribution in [3.8, 4) is 0 Å². The molecule has 0 unspecified atom stereocenters. The molecule has 0 bridgehead atoms. The molecule has 1 saturated carbocycles. The lowest BCUT2D eigenvalue weighted by molar-refractivity contribution is -0.930. The van der Waals surface area contributed by atoms with Gasteiger partial charge >= 0.3 is 0 Å². The maximum atomic E-state index is 12.8. The number of benzene rings is 1. The van der Waals surface area contributed by atoms with E-state index in [4.69, 9.17) is 0 Å². The molecule has 2 fully saturated rings. The number of hydrogen-bond donors (Lipinski definition) is 1. The highest BCUT2D eigenvalue weighted by atomic mass is 32.2. The molecule has 1 aromatic rings. The van der Waals surface area contributed by atoms with Crippen LogP contribution in [0.3, 0.4) is 0 Å². The van der Waals surface area contributed by atoms with Gasteiger partial charge in [0.1, 0.15) is 0 Å². The summed E-state index contributed by atoms with van der Waals surface area (Å²) in [5, 5.41) is 10.7. The first-order valence-corrected chi connectivity index (χ1v) is 10.4. The van der Waals surface area contributed by atoms with Crippen molar-refractivity contribution in [3.63, 3.8) is 0 Å². The first kappa shape index (κ1) is 18.3. The maximum absolute atomic E-state index is 12.8. The maximum Gasteiger partial charge on any atom is 0.269 e. The summed E-state index contributed by atoms with van der Waals surface area (Å²) in [6.07, 6.45) is 5.07. The van der Waals surface area contributed by atoms with E-state index in [0.29, 0.717) is 19.1 Å². The Morgan fingerprint density at radius 3 is 2.36 bits per heavy atom. The molecule has 7 nitrogen and oxygen atoms in total. The zero-order chi connectivity index (χ0) is 18.0. The number of rotatable bonds is 4. The fourth-order valence-corrected chi connectivity index (χ4v) is 5.56. The predicted octanol–water partition coefficient (Wildman–Crippen LogP) is 1.06. The van der Waals surface area contributed by atoms with E-state index in [1.165, 1.54) is 59.2 Å². The molecule has 0 amide bonds. The number of hydrogen-bond acceptors (Lipinski definition) is 4. The summed E-state index contributed by atoms with van der Waals surface area (Å²) in [5.41, 5.74) is -0.0976. The van der Waals surface area contributed by atoms with Crippen LogP contribution in [0.1, 0.15) is 32.6 Å². The lowest BCUT2D eigenvalue weighted by atomic mass is 9.86. The van der Waals surface area contributed by atoms with Crippen LogP contribution < -0.4 is 4.90 Å². The Balaban J connectivity index is 1.64. The number of nitro benzene ring substituents is 1. The zero-order valence-electron chi connectivity index (χ0n) is 14.6. The average molecular weight is 368 g/mol. The minimum absolute atomic E-state index is 0.0976. The topological polar surface area (TPSA) is 85.0 Å². The summed E-state index contributed by atoms with van der Waals surface area (Å²) < 4.78 is 27.0. The highest BCUT2D eigenvalue weighted by Crippen LogP contribution is 2.23. The van der Waals surface area contributed by atoms with Gasteiger partial charge in [0.15, 0.2) is 0 Å². The van der Waals surface area contributed by atoms with E-state index in [9.17, 15) is 18.5 Å². The van der Waals surface area contributed by atoms with E-state index in [-0.39, 0.29) is 10.6 Å². The third-order valence-corrected chi connectivity index (χ3v) is 7.48. The highest BCUT2D eigenvalue weighted by molar-refractivity contribution is 7.89. The molecule has 3 rings (SSSR count). The highest BCUT2D eigenvalue weighted by Gasteiger charge is 2.35. The van der Waals surface area contributed by atoms with Gasteiger partial charge in [0.25, 0.3) is 5.69 Å². The molecule has 8 heteroatoms. The molecular weight excluding hydrogens is 342 g/mol. The van der Waals surface area contributed by atoms with E-state index in [0.717, 1.165) is 19.0 Å². The van der Waals surface area contributed by atoms with Gasteiger partial charge in [-0.1, -0.05) is 13.3 Å². The van der Waals surface area contributed by atoms with E-state index in [2.05, 4.69) is 6.92 Å². The molecular formula is C17H26N3O4S+. The minimum Gasteiger partial charge on any atom is -0.330 e. The normalized spacial score (nSPS) is 26.4. The Morgan fingerprint density at radius 1 is 1.16 bits per heavy atom. The SMILES string of the molecule is C[C@H]1CCC[C@H]([NH+]2CCN(S(=O)(=O)c3ccc([N+](=O)[O-])cc3)CC2)C1. The van der Waals surface area contributed by atoms with Crippen molar-refractivity contribution in [2.45, 2.75) is 43.5 Å². The van der Waals surface area contributed by atoms with E-state index < -0.39 is 14.9 Å². The van der Waals surface area contributed by atoms with Crippen LogP contribution in [0.5, 0.6) is 0 Å². The quantitative estimate of drug-likeness (QED) is 0.636. The lowest BCUT2D eigenvalue weighted by Crippen LogP contribution is -3.18. The van der Waals surface area contributed by atoms with Crippen molar-refractivity contribution >= 4 is 15.7 Å².